The van der Waals surface area contributed by atoms with Gasteiger partial charge in [0.25, 0.3) is 0 Å². The zero-order valence-electron chi connectivity index (χ0n) is 12.7. The van der Waals surface area contributed by atoms with Crippen molar-refractivity contribution >= 4 is 5.69 Å². The molecule has 0 amide bonds. The molecule has 112 valence electrons. The van der Waals surface area contributed by atoms with Crippen LogP contribution in [-0.2, 0) is 6.54 Å². The average molecular weight is 280 g/mol. The molecule has 0 saturated carbocycles. The highest BCUT2D eigenvalue weighted by Crippen LogP contribution is 2.28. The summed E-state index contributed by atoms with van der Waals surface area (Å²) in [5, 5.41) is 14.4. The normalized spacial score (nSPS) is 11.1. The number of nitro groups is 1. The molecule has 0 aliphatic rings. The summed E-state index contributed by atoms with van der Waals surface area (Å²) in [7, 11) is 0. The Kier molecular flexibility index (Phi) is 6.45. The van der Waals surface area contributed by atoms with Crippen LogP contribution in [0.15, 0.2) is 18.2 Å². The van der Waals surface area contributed by atoms with Crippen LogP contribution in [0, 0.1) is 22.0 Å². The van der Waals surface area contributed by atoms with Gasteiger partial charge in [0.2, 0.25) is 0 Å². The van der Waals surface area contributed by atoms with Crippen LogP contribution in [-0.4, -0.2) is 18.1 Å². The Morgan fingerprint density at radius 1 is 1.25 bits per heavy atom. The number of ether oxygens (including phenoxy) is 1. The minimum atomic E-state index is -0.387. The van der Waals surface area contributed by atoms with Crippen molar-refractivity contribution < 1.29 is 9.66 Å². The van der Waals surface area contributed by atoms with Crippen molar-refractivity contribution in [2.24, 2.45) is 11.8 Å². The summed E-state index contributed by atoms with van der Waals surface area (Å²) in [5.74, 6) is 1.23. The smallest absolute Gasteiger partial charge is 0.311 e. The van der Waals surface area contributed by atoms with Crippen LogP contribution in [0.25, 0.3) is 0 Å². The summed E-state index contributed by atoms with van der Waals surface area (Å²) in [6.45, 7) is 10.3. The number of nitro benzene ring substituents is 1. The number of hydrogen-bond donors (Lipinski definition) is 1. The lowest BCUT2D eigenvalue weighted by Gasteiger charge is -2.11. The fourth-order valence-corrected chi connectivity index (χ4v) is 1.70. The molecule has 0 radical (unpaired) electrons. The van der Waals surface area contributed by atoms with Crippen LogP contribution in [0.2, 0.25) is 0 Å². The third-order valence-electron chi connectivity index (χ3n) is 2.67. The molecule has 1 rings (SSSR count). The predicted octanol–water partition coefficient (Wildman–Crippen LogP) is 3.38. The van der Waals surface area contributed by atoms with Crippen molar-refractivity contribution in [2.75, 3.05) is 13.2 Å². The molecule has 0 aliphatic carbocycles. The molecule has 0 spiro atoms. The Hall–Kier alpha value is -1.62. The van der Waals surface area contributed by atoms with Gasteiger partial charge < -0.3 is 10.1 Å². The fraction of sp³-hybridized carbons (Fsp3) is 0.600. The highest BCUT2D eigenvalue weighted by atomic mass is 16.6. The summed E-state index contributed by atoms with van der Waals surface area (Å²) < 4.78 is 5.50. The first-order valence-electron chi connectivity index (χ1n) is 7.01. The third-order valence-corrected chi connectivity index (χ3v) is 2.67. The van der Waals surface area contributed by atoms with Crippen molar-refractivity contribution in [3.05, 3.63) is 33.9 Å². The van der Waals surface area contributed by atoms with Crippen LogP contribution < -0.4 is 10.1 Å². The molecule has 0 saturated heterocycles. The maximum absolute atomic E-state index is 11.1. The molecule has 0 unspecified atom stereocenters. The van der Waals surface area contributed by atoms with E-state index in [0.29, 0.717) is 30.7 Å². The summed E-state index contributed by atoms with van der Waals surface area (Å²) in [5.41, 5.74) is 0.934. The van der Waals surface area contributed by atoms with Gasteiger partial charge >= 0.3 is 5.69 Å². The Bertz CT molecular complexity index is 445. The lowest BCUT2D eigenvalue weighted by molar-refractivity contribution is -0.386. The van der Waals surface area contributed by atoms with Gasteiger partial charge in [-0.1, -0.05) is 33.8 Å². The highest BCUT2D eigenvalue weighted by Gasteiger charge is 2.16. The van der Waals surface area contributed by atoms with E-state index in [2.05, 4.69) is 19.2 Å². The molecular formula is C15H24N2O3. The van der Waals surface area contributed by atoms with Gasteiger partial charge in [0.1, 0.15) is 0 Å². The molecule has 1 N–H and O–H groups in total. The topological polar surface area (TPSA) is 64.4 Å². The van der Waals surface area contributed by atoms with Crippen LogP contribution in [0.4, 0.5) is 5.69 Å². The van der Waals surface area contributed by atoms with Crippen molar-refractivity contribution in [1.29, 1.82) is 0 Å². The zero-order chi connectivity index (χ0) is 15.1. The molecule has 0 fully saturated rings. The lowest BCUT2D eigenvalue weighted by Crippen LogP contribution is -2.19. The maximum atomic E-state index is 11.1. The number of rotatable bonds is 8. The molecule has 5 nitrogen and oxygen atoms in total. The van der Waals surface area contributed by atoms with E-state index in [0.717, 1.165) is 12.1 Å². The molecule has 0 heterocycles. The van der Waals surface area contributed by atoms with E-state index in [1.807, 2.05) is 19.9 Å². The van der Waals surface area contributed by atoms with Crippen LogP contribution >= 0.6 is 0 Å². The number of nitrogens with zero attached hydrogens (tertiary/aromatic N) is 1. The van der Waals surface area contributed by atoms with Gasteiger partial charge in [0, 0.05) is 12.6 Å². The number of benzene rings is 1. The number of nitrogens with one attached hydrogen (secondary N) is 1. The van der Waals surface area contributed by atoms with Gasteiger partial charge in [-0.25, -0.2) is 0 Å². The minimum Gasteiger partial charge on any atom is -0.487 e. The van der Waals surface area contributed by atoms with Gasteiger partial charge in [-0.15, -0.1) is 0 Å². The third kappa shape index (κ3) is 5.57. The molecule has 0 bridgehead atoms. The number of hydrogen-bond acceptors (Lipinski definition) is 4. The largest absolute Gasteiger partial charge is 0.487 e. The maximum Gasteiger partial charge on any atom is 0.311 e. The summed E-state index contributed by atoms with van der Waals surface area (Å²) >= 11 is 0. The first-order valence-corrected chi connectivity index (χ1v) is 7.01. The first-order chi connectivity index (χ1) is 9.40. The fourth-order valence-electron chi connectivity index (χ4n) is 1.70. The van der Waals surface area contributed by atoms with E-state index in [1.165, 1.54) is 0 Å². The van der Waals surface area contributed by atoms with Gasteiger partial charge in [-0.2, -0.15) is 0 Å². The lowest BCUT2D eigenvalue weighted by atomic mass is 10.1. The van der Waals surface area contributed by atoms with Gasteiger partial charge in [-0.05, 0) is 30.0 Å². The van der Waals surface area contributed by atoms with Crippen LogP contribution in [0.5, 0.6) is 5.75 Å². The van der Waals surface area contributed by atoms with Gasteiger partial charge in [-0.3, -0.25) is 10.1 Å². The standard InChI is InChI=1S/C15H24N2O3/c1-11(2)8-16-9-13-5-6-15(20-10-12(3)4)14(7-13)17(18)19/h5-7,11-12,16H,8-10H2,1-4H3. The minimum absolute atomic E-state index is 0.0366. The van der Waals surface area contributed by atoms with Gasteiger partial charge in [0.15, 0.2) is 5.75 Å². The summed E-state index contributed by atoms with van der Waals surface area (Å²) in [4.78, 5) is 10.7. The van der Waals surface area contributed by atoms with Crippen molar-refractivity contribution in [1.82, 2.24) is 5.32 Å². The molecule has 0 aliphatic heterocycles. The van der Waals surface area contributed by atoms with E-state index in [1.54, 1.807) is 12.1 Å². The second-order valence-electron chi connectivity index (χ2n) is 5.79. The Morgan fingerprint density at radius 2 is 1.95 bits per heavy atom. The van der Waals surface area contributed by atoms with Crippen molar-refractivity contribution in [2.45, 2.75) is 34.2 Å². The summed E-state index contributed by atoms with van der Waals surface area (Å²) in [6, 6.07) is 5.14. The molecule has 0 aromatic heterocycles. The Labute approximate surface area is 120 Å². The van der Waals surface area contributed by atoms with Crippen molar-refractivity contribution in [3.8, 4) is 5.75 Å². The SMILES string of the molecule is CC(C)CNCc1ccc(OCC(C)C)c([N+](=O)[O-])c1. The molecular weight excluding hydrogens is 256 g/mol. The Balaban J connectivity index is 2.76. The first kappa shape index (κ1) is 16.4. The van der Waals surface area contributed by atoms with Crippen molar-refractivity contribution in [3.63, 3.8) is 0 Å². The molecule has 0 atom stereocenters. The predicted molar refractivity (Wildman–Crippen MR) is 80.0 cm³/mol. The second-order valence-corrected chi connectivity index (χ2v) is 5.79. The van der Waals surface area contributed by atoms with Crippen LogP contribution in [0.3, 0.4) is 0 Å². The average Bonchev–Trinajstić information content (AvgIpc) is 2.36. The molecule has 1 aromatic rings. The quantitative estimate of drug-likeness (QED) is 0.585. The molecule has 5 heteroatoms. The van der Waals surface area contributed by atoms with Gasteiger partial charge in [0.05, 0.1) is 11.5 Å². The van der Waals surface area contributed by atoms with Crippen LogP contribution in [0.1, 0.15) is 33.3 Å². The van der Waals surface area contributed by atoms with E-state index in [-0.39, 0.29) is 10.6 Å². The monoisotopic (exact) mass is 280 g/mol. The van der Waals surface area contributed by atoms with E-state index < -0.39 is 0 Å². The second kappa shape index (κ2) is 7.85. The Morgan fingerprint density at radius 3 is 2.50 bits per heavy atom. The van der Waals surface area contributed by atoms with E-state index in [9.17, 15) is 10.1 Å². The van der Waals surface area contributed by atoms with E-state index in [4.69, 9.17) is 4.74 Å². The highest BCUT2D eigenvalue weighted by molar-refractivity contribution is 5.48. The zero-order valence-corrected chi connectivity index (χ0v) is 12.7. The van der Waals surface area contributed by atoms with E-state index >= 15 is 0 Å². The molecule has 1 aromatic carbocycles. The molecule has 20 heavy (non-hydrogen) atoms. The summed E-state index contributed by atoms with van der Waals surface area (Å²) in [6.07, 6.45) is 0.